The molecule has 1 atom stereocenters. The fourth-order valence-electron chi connectivity index (χ4n) is 4.24. The van der Waals surface area contributed by atoms with Crippen molar-refractivity contribution < 1.29 is 8.98 Å². The molecule has 146 valence electrons. The van der Waals surface area contributed by atoms with Crippen LogP contribution in [0.2, 0.25) is 0 Å². The van der Waals surface area contributed by atoms with Gasteiger partial charge in [-0.15, -0.1) is 0 Å². The fraction of sp³-hybridized carbons (Fsp3) is 0.0800. The molecule has 0 bridgehead atoms. The summed E-state index contributed by atoms with van der Waals surface area (Å²) in [5.41, 5.74) is 3.10. The zero-order valence-corrected chi connectivity index (χ0v) is 17.1. The van der Waals surface area contributed by atoms with Gasteiger partial charge >= 0.3 is 0 Å². The monoisotopic (exact) mass is 410 g/mol. The fourth-order valence-corrected chi connectivity index (χ4v) is 7.00. The van der Waals surface area contributed by atoms with Gasteiger partial charge in [-0.3, -0.25) is 4.40 Å². The summed E-state index contributed by atoms with van der Waals surface area (Å²) < 4.78 is 22.7. The summed E-state index contributed by atoms with van der Waals surface area (Å²) in [6.45, 7) is 0. The predicted octanol–water partition coefficient (Wildman–Crippen LogP) is 5.78. The SMILES string of the molecule is O=P(C1=CCCC=C1)(c1ccccc1)c1ccc2nc3c4ccccc4oc3n2c1. The lowest BCUT2D eigenvalue weighted by Gasteiger charge is -2.22. The van der Waals surface area contributed by atoms with Gasteiger partial charge < -0.3 is 8.98 Å². The largest absolute Gasteiger partial charge is 0.437 e. The first-order valence-electron chi connectivity index (χ1n) is 10.1. The second kappa shape index (κ2) is 6.58. The number of rotatable bonds is 3. The van der Waals surface area contributed by atoms with Gasteiger partial charge in [0.25, 0.3) is 0 Å². The maximum absolute atomic E-state index is 14.7. The van der Waals surface area contributed by atoms with Gasteiger partial charge in [0.15, 0.2) is 7.14 Å². The maximum Gasteiger partial charge on any atom is 0.232 e. The van der Waals surface area contributed by atoms with Crippen molar-refractivity contribution in [3.63, 3.8) is 0 Å². The first-order valence-corrected chi connectivity index (χ1v) is 11.8. The molecule has 3 heterocycles. The van der Waals surface area contributed by atoms with E-state index in [0.29, 0.717) is 5.71 Å². The van der Waals surface area contributed by atoms with Crippen LogP contribution in [-0.2, 0) is 4.57 Å². The minimum absolute atomic E-state index is 0.681. The van der Waals surface area contributed by atoms with Gasteiger partial charge in [-0.25, -0.2) is 4.98 Å². The molecule has 1 aliphatic carbocycles. The summed E-state index contributed by atoms with van der Waals surface area (Å²) in [7, 11) is -3.01. The molecule has 0 radical (unpaired) electrons. The summed E-state index contributed by atoms with van der Waals surface area (Å²) in [5.74, 6) is 0. The van der Waals surface area contributed by atoms with Crippen LogP contribution in [0, 0.1) is 0 Å². The zero-order valence-electron chi connectivity index (χ0n) is 16.2. The number of hydrogen-bond acceptors (Lipinski definition) is 3. The number of imidazole rings is 1. The normalized spacial score (nSPS) is 16.2. The molecule has 0 N–H and O–H groups in total. The van der Waals surface area contributed by atoms with Crippen LogP contribution in [0.25, 0.3) is 27.8 Å². The standard InChI is InChI=1S/C25H19N2O2P/c28-30(18-9-3-1-4-10-18,19-11-5-2-6-12-19)20-15-16-23-26-24-21-13-7-8-14-22(21)29-25(24)27(23)17-20/h1,3-5,7-17H,2,6H2. The van der Waals surface area contributed by atoms with E-state index in [2.05, 4.69) is 12.2 Å². The Morgan fingerprint density at radius 1 is 0.900 bits per heavy atom. The highest BCUT2D eigenvalue weighted by atomic mass is 31.2. The van der Waals surface area contributed by atoms with Gasteiger partial charge in [-0.1, -0.05) is 60.7 Å². The number of aromatic nitrogens is 2. The van der Waals surface area contributed by atoms with E-state index in [1.165, 1.54) is 0 Å². The molecule has 6 rings (SSSR count). The minimum atomic E-state index is -3.01. The first-order chi connectivity index (χ1) is 14.7. The van der Waals surface area contributed by atoms with Gasteiger partial charge in [0, 0.05) is 27.5 Å². The van der Waals surface area contributed by atoms with Gasteiger partial charge in [0.1, 0.15) is 16.7 Å². The molecule has 5 aromatic rings. The lowest BCUT2D eigenvalue weighted by Crippen LogP contribution is -2.18. The molecule has 5 heteroatoms. The molecular weight excluding hydrogens is 391 g/mol. The molecule has 1 aliphatic rings. The molecule has 0 fully saturated rings. The molecular formula is C25H19N2O2P. The average molecular weight is 410 g/mol. The topological polar surface area (TPSA) is 47.5 Å². The van der Waals surface area contributed by atoms with E-state index in [1.807, 2.05) is 83.4 Å². The second-order valence-electron chi connectivity index (χ2n) is 7.53. The lowest BCUT2D eigenvalue weighted by molar-refractivity contribution is 0.591. The number of pyridine rings is 1. The van der Waals surface area contributed by atoms with Crippen LogP contribution in [0.5, 0.6) is 0 Å². The Bertz CT molecular complexity index is 1520. The second-order valence-corrected chi connectivity index (χ2v) is 10.3. The first kappa shape index (κ1) is 17.5. The van der Waals surface area contributed by atoms with Crippen molar-refractivity contribution in [1.29, 1.82) is 0 Å². The molecule has 0 spiro atoms. The van der Waals surface area contributed by atoms with Crippen LogP contribution in [-0.4, -0.2) is 9.38 Å². The van der Waals surface area contributed by atoms with Crippen LogP contribution in [0.3, 0.4) is 0 Å². The van der Waals surface area contributed by atoms with Crippen LogP contribution in [0.1, 0.15) is 12.8 Å². The number of fused-ring (bicyclic) bond motifs is 5. The van der Waals surface area contributed by atoms with Gasteiger partial charge in [-0.2, -0.15) is 0 Å². The predicted molar refractivity (Wildman–Crippen MR) is 122 cm³/mol. The summed E-state index contributed by atoms with van der Waals surface area (Å²) in [6.07, 6.45) is 10.1. The summed E-state index contributed by atoms with van der Waals surface area (Å²) in [6, 6.07) is 21.5. The summed E-state index contributed by atoms with van der Waals surface area (Å²) >= 11 is 0. The van der Waals surface area contributed by atoms with Crippen molar-refractivity contribution in [1.82, 2.24) is 9.38 Å². The Hall–Kier alpha value is -3.36. The van der Waals surface area contributed by atoms with Crippen LogP contribution in [0.15, 0.2) is 101 Å². The number of benzene rings is 2. The van der Waals surface area contributed by atoms with E-state index in [-0.39, 0.29) is 0 Å². The van der Waals surface area contributed by atoms with Gasteiger partial charge in [0.2, 0.25) is 5.71 Å². The van der Waals surface area contributed by atoms with Crippen LogP contribution < -0.4 is 10.6 Å². The smallest absolute Gasteiger partial charge is 0.232 e. The highest BCUT2D eigenvalue weighted by molar-refractivity contribution is 7.82. The average Bonchev–Trinajstić information content (AvgIpc) is 3.35. The highest BCUT2D eigenvalue weighted by Crippen LogP contribution is 2.53. The number of para-hydroxylation sites is 1. The Morgan fingerprint density at radius 3 is 2.57 bits per heavy atom. The van der Waals surface area contributed by atoms with Crippen molar-refractivity contribution in [2.24, 2.45) is 0 Å². The molecule has 30 heavy (non-hydrogen) atoms. The van der Waals surface area contributed by atoms with E-state index in [9.17, 15) is 4.57 Å². The third-order valence-electron chi connectivity index (χ3n) is 5.73. The van der Waals surface area contributed by atoms with Gasteiger partial charge in [0.05, 0.1) is 0 Å². The van der Waals surface area contributed by atoms with Crippen LogP contribution >= 0.6 is 7.14 Å². The van der Waals surface area contributed by atoms with Crippen molar-refractivity contribution in [3.8, 4) is 0 Å². The molecule has 0 amide bonds. The minimum Gasteiger partial charge on any atom is -0.437 e. The molecule has 1 unspecified atom stereocenters. The van der Waals surface area contributed by atoms with Crippen molar-refractivity contribution in [2.45, 2.75) is 12.8 Å². The Balaban J connectivity index is 1.64. The third kappa shape index (κ3) is 2.47. The van der Waals surface area contributed by atoms with E-state index in [1.54, 1.807) is 0 Å². The zero-order chi connectivity index (χ0) is 20.1. The molecule has 0 aliphatic heterocycles. The maximum atomic E-state index is 14.7. The number of furan rings is 1. The molecule has 2 aromatic carbocycles. The van der Waals surface area contributed by atoms with E-state index in [4.69, 9.17) is 9.40 Å². The van der Waals surface area contributed by atoms with Crippen molar-refractivity contribution in [3.05, 3.63) is 96.5 Å². The van der Waals surface area contributed by atoms with E-state index < -0.39 is 7.14 Å². The number of nitrogens with zero attached hydrogens (tertiary/aromatic N) is 2. The third-order valence-corrected chi connectivity index (χ3v) is 8.81. The molecule has 3 aromatic heterocycles. The van der Waals surface area contributed by atoms with Crippen molar-refractivity contribution >= 4 is 45.6 Å². The van der Waals surface area contributed by atoms with Crippen molar-refractivity contribution in [2.75, 3.05) is 0 Å². The molecule has 0 saturated carbocycles. The Morgan fingerprint density at radius 2 is 1.73 bits per heavy atom. The molecule has 4 nitrogen and oxygen atoms in total. The highest BCUT2D eigenvalue weighted by Gasteiger charge is 2.32. The lowest BCUT2D eigenvalue weighted by atomic mass is 10.2. The molecule has 0 saturated heterocycles. The number of hydrogen-bond donors (Lipinski definition) is 0. The van der Waals surface area contributed by atoms with E-state index in [0.717, 1.165) is 50.9 Å². The summed E-state index contributed by atoms with van der Waals surface area (Å²) in [5, 5.41) is 3.49. The number of allylic oxidation sites excluding steroid dienone is 4. The Kier molecular flexibility index (Phi) is 3.84. The van der Waals surface area contributed by atoms with E-state index >= 15 is 0 Å². The van der Waals surface area contributed by atoms with Crippen LogP contribution in [0.4, 0.5) is 0 Å². The van der Waals surface area contributed by atoms with Gasteiger partial charge in [-0.05, 0) is 37.1 Å². The Labute approximate surface area is 173 Å². The summed E-state index contributed by atoms with van der Waals surface area (Å²) in [4.78, 5) is 4.76. The quantitative estimate of drug-likeness (QED) is 0.354.